The van der Waals surface area contributed by atoms with E-state index in [1.165, 1.54) is 38.6 Å². The summed E-state index contributed by atoms with van der Waals surface area (Å²) in [6.45, 7) is 3.64. The Balaban J connectivity index is 2.22. The van der Waals surface area contributed by atoms with E-state index in [-0.39, 0.29) is 23.8 Å². The number of rotatable bonds is 8. The Kier molecular flexibility index (Phi) is 6.39. The molecule has 1 heterocycles. The molecule has 31 heavy (non-hydrogen) atoms. The molecular formula is C23H22FNO6. The highest BCUT2D eigenvalue weighted by Crippen LogP contribution is 2.36. The molecule has 0 aliphatic rings. The average molecular weight is 427 g/mol. The molecular weight excluding hydrogens is 405 g/mol. The summed E-state index contributed by atoms with van der Waals surface area (Å²) in [4.78, 5) is 28.7. The molecule has 0 atom stereocenters. The fraction of sp³-hybridized carbons (Fsp3) is 0.261. The SMILES string of the molecule is COc1cc2c(CC(=O)O)cnc(C(=O)c3cc(OC(C)C)ccc3F)c2cc1OC. The van der Waals surface area contributed by atoms with Crippen molar-refractivity contribution < 1.29 is 33.3 Å². The molecule has 0 aliphatic carbocycles. The van der Waals surface area contributed by atoms with Crippen LogP contribution in [0.4, 0.5) is 4.39 Å². The van der Waals surface area contributed by atoms with E-state index in [0.717, 1.165) is 6.07 Å². The molecule has 1 aromatic heterocycles. The first-order valence-electron chi connectivity index (χ1n) is 9.51. The number of fused-ring (bicyclic) bond motifs is 1. The van der Waals surface area contributed by atoms with Gasteiger partial charge in [0.15, 0.2) is 11.5 Å². The summed E-state index contributed by atoms with van der Waals surface area (Å²) >= 11 is 0. The van der Waals surface area contributed by atoms with E-state index in [9.17, 15) is 19.1 Å². The van der Waals surface area contributed by atoms with Gasteiger partial charge in [0.05, 0.1) is 32.3 Å². The van der Waals surface area contributed by atoms with Crippen molar-refractivity contribution in [2.75, 3.05) is 14.2 Å². The lowest BCUT2D eigenvalue weighted by Crippen LogP contribution is -2.11. The van der Waals surface area contributed by atoms with Crippen LogP contribution in [-0.4, -0.2) is 42.2 Å². The fourth-order valence-electron chi connectivity index (χ4n) is 3.26. The molecule has 0 saturated carbocycles. The van der Waals surface area contributed by atoms with E-state index in [2.05, 4.69) is 4.98 Å². The van der Waals surface area contributed by atoms with Gasteiger partial charge in [-0.3, -0.25) is 14.6 Å². The number of ether oxygens (including phenoxy) is 3. The third-order valence-electron chi connectivity index (χ3n) is 4.59. The number of ketones is 1. The number of hydrogen-bond acceptors (Lipinski definition) is 6. The van der Waals surface area contributed by atoms with Crippen LogP contribution in [-0.2, 0) is 11.2 Å². The summed E-state index contributed by atoms with van der Waals surface area (Å²) in [5.74, 6) is -1.38. The van der Waals surface area contributed by atoms with Crippen molar-refractivity contribution in [3.63, 3.8) is 0 Å². The molecule has 0 saturated heterocycles. The molecule has 1 N–H and O–H groups in total. The number of pyridine rings is 1. The second kappa shape index (κ2) is 8.99. The highest BCUT2D eigenvalue weighted by Gasteiger charge is 2.22. The Morgan fingerprint density at radius 1 is 1.06 bits per heavy atom. The topological polar surface area (TPSA) is 95.0 Å². The molecule has 0 fully saturated rings. The highest BCUT2D eigenvalue weighted by molar-refractivity contribution is 6.16. The summed E-state index contributed by atoms with van der Waals surface area (Å²) in [7, 11) is 2.88. The zero-order valence-corrected chi connectivity index (χ0v) is 17.6. The molecule has 2 aromatic carbocycles. The second-order valence-corrected chi connectivity index (χ2v) is 7.09. The van der Waals surface area contributed by atoms with E-state index in [1.807, 2.05) is 13.8 Å². The number of aromatic nitrogens is 1. The predicted molar refractivity (Wildman–Crippen MR) is 112 cm³/mol. The molecule has 7 nitrogen and oxygen atoms in total. The standard InChI is InChI=1S/C23H22FNO6/c1-12(2)31-14-5-6-18(24)17(8-14)23(28)22-16-10-20(30-4)19(29-3)9-15(16)13(11-25-22)7-21(26)27/h5-6,8-12H,7H2,1-4H3,(H,26,27). The van der Waals surface area contributed by atoms with E-state index in [4.69, 9.17) is 14.2 Å². The molecule has 8 heteroatoms. The zero-order chi connectivity index (χ0) is 22.7. The number of hydrogen-bond donors (Lipinski definition) is 1. The Morgan fingerprint density at radius 2 is 1.71 bits per heavy atom. The van der Waals surface area contributed by atoms with Gasteiger partial charge in [-0.1, -0.05) is 0 Å². The van der Waals surface area contributed by atoms with Gasteiger partial charge in [-0.15, -0.1) is 0 Å². The van der Waals surface area contributed by atoms with Crippen LogP contribution in [0.2, 0.25) is 0 Å². The number of carboxylic acids is 1. The molecule has 0 bridgehead atoms. The Morgan fingerprint density at radius 3 is 2.29 bits per heavy atom. The number of methoxy groups -OCH3 is 2. The maximum absolute atomic E-state index is 14.5. The minimum atomic E-state index is -1.05. The first-order valence-corrected chi connectivity index (χ1v) is 9.51. The number of carboxylic acid groups (broad SMARTS) is 1. The first kappa shape index (κ1) is 22.0. The summed E-state index contributed by atoms with van der Waals surface area (Å²) < 4.78 is 30.7. The maximum atomic E-state index is 14.5. The van der Waals surface area contributed by atoms with Crippen molar-refractivity contribution in [1.82, 2.24) is 4.98 Å². The van der Waals surface area contributed by atoms with E-state index in [1.54, 1.807) is 6.07 Å². The van der Waals surface area contributed by atoms with Gasteiger partial charge >= 0.3 is 5.97 Å². The second-order valence-electron chi connectivity index (χ2n) is 7.09. The van der Waals surface area contributed by atoms with Crippen LogP contribution in [0, 0.1) is 5.82 Å². The smallest absolute Gasteiger partial charge is 0.307 e. The predicted octanol–water partition coefficient (Wildman–Crippen LogP) is 4.04. The van der Waals surface area contributed by atoms with Gasteiger partial charge in [0.25, 0.3) is 0 Å². The molecule has 3 aromatic rings. The molecule has 0 spiro atoms. The van der Waals surface area contributed by atoms with E-state index in [0.29, 0.717) is 33.6 Å². The highest BCUT2D eigenvalue weighted by atomic mass is 19.1. The molecule has 0 aliphatic heterocycles. The third kappa shape index (κ3) is 4.58. The first-order chi connectivity index (χ1) is 14.7. The van der Waals surface area contributed by atoms with E-state index < -0.39 is 17.6 Å². The van der Waals surface area contributed by atoms with E-state index >= 15 is 0 Å². The number of carbonyl (C=O) groups is 2. The summed E-state index contributed by atoms with van der Waals surface area (Å²) in [5.41, 5.74) is 0.149. The quantitative estimate of drug-likeness (QED) is 0.542. The van der Waals surface area contributed by atoms with Gasteiger partial charge in [0.1, 0.15) is 17.3 Å². The fourth-order valence-corrected chi connectivity index (χ4v) is 3.26. The summed E-state index contributed by atoms with van der Waals surface area (Å²) in [6.07, 6.45) is 0.848. The van der Waals surface area contributed by atoms with Crippen LogP contribution in [0.25, 0.3) is 10.8 Å². The van der Waals surface area contributed by atoms with Crippen molar-refractivity contribution in [3.8, 4) is 17.2 Å². The Bertz CT molecular complexity index is 1160. The van der Waals surface area contributed by atoms with Crippen LogP contribution < -0.4 is 14.2 Å². The van der Waals surface area contributed by atoms with Crippen LogP contribution in [0.3, 0.4) is 0 Å². The Hall–Kier alpha value is -3.68. The average Bonchev–Trinajstić information content (AvgIpc) is 2.73. The molecule has 0 unspecified atom stereocenters. The monoisotopic (exact) mass is 427 g/mol. The minimum Gasteiger partial charge on any atom is -0.493 e. The normalized spacial score (nSPS) is 10.9. The lowest BCUT2D eigenvalue weighted by molar-refractivity contribution is -0.136. The maximum Gasteiger partial charge on any atom is 0.307 e. The molecule has 0 amide bonds. The van der Waals surface area contributed by atoms with Gasteiger partial charge in [0, 0.05) is 11.6 Å². The van der Waals surface area contributed by atoms with Crippen molar-refractivity contribution >= 4 is 22.5 Å². The van der Waals surface area contributed by atoms with Crippen molar-refractivity contribution in [2.24, 2.45) is 0 Å². The van der Waals surface area contributed by atoms with Crippen LogP contribution in [0.15, 0.2) is 36.5 Å². The number of benzene rings is 2. The third-order valence-corrected chi connectivity index (χ3v) is 4.59. The summed E-state index contributed by atoms with van der Waals surface area (Å²) in [6, 6.07) is 7.06. The lowest BCUT2D eigenvalue weighted by atomic mass is 9.97. The number of nitrogens with zero attached hydrogens (tertiary/aromatic N) is 1. The van der Waals surface area contributed by atoms with Gasteiger partial charge < -0.3 is 19.3 Å². The lowest BCUT2D eigenvalue weighted by Gasteiger charge is -2.14. The van der Waals surface area contributed by atoms with Crippen molar-refractivity contribution in [3.05, 3.63) is 59.2 Å². The molecule has 0 radical (unpaired) electrons. The number of carbonyl (C=O) groups excluding carboxylic acids is 1. The largest absolute Gasteiger partial charge is 0.493 e. The van der Waals surface area contributed by atoms with Crippen molar-refractivity contribution in [1.29, 1.82) is 0 Å². The van der Waals surface area contributed by atoms with Gasteiger partial charge in [-0.05, 0) is 55.1 Å². The van der Waals surface area contributed by atoms with Crippen molar-refractivity contribution in [2.45, 2.75) is 26.4 Å². The molecule has 162 valence electrons. The summed E-state index contributed by atoms with van der Waals surface area (Å²) in [5, 5.41) is 10.0. The number of aliphatic carboxylic acids is 1. The van der Waals surface area contributed by atoms with Crippen LogP contribution in [0.5, 0.6) is 17.2 Å². The number of halogens is 1. The van der Waals surface area contributed by atoms with Crippen LogP contribution >= 0.6 is 0 Å². The van der Waals surface area contributed by atoms with Gasteiger partial charge in [0.2, 0.25) is 5.78 Å². The van der Waals surface area contributed by atoms with Gasteiger partial charge in [-0.2, -0.15) is 0 Å². The van der Waals surface area contributed by atoms with Gasteiger partial charge in [-0.25, -0.2) is 4.39 Å². The minimum absolute atomic E-state index is 0.0364. The molecule has 3 rings (SSSR count). The Labute approximate surface area is 178 Å². The zero-order valence-electron chi connectivity index (χ0n) is 17.6. The van der Waals surface area contributed by atoms with Crippen LogP contribution in [0.1, 0.15) is 35.5 Å².